The zero-order valence-electron chi connectivity index (χ0n) is 18.4. The minimum atomic E-state index is -1.03. The average molecular weight is 467 g/mol. The number of rotatable bonds is 6. The monoisotopic (exact) mass is 467 g/mol. The molecule has 2 aromatic carbocycles. The van der Waals surface area contributed by atoms with Crippen LogP contribution in [0.15, 0.2) is 46.7 Å². The van der Waals surface area contributed by atoms with Gasteiger partial charge in [0.15, 0.2) is 35.1 Å². The van der Waals surface area contributed by atoms with Gasteiger partial charge in [0.05, 0.1) is 19.9 Å². The van der Waals surface area contributed by atoms with Crippen molar-refractivity contribution in [3.05, 3.63) is 36.4 Å². The molecule has 2 aromatic rings. The summed E-state index contributed by atoms with van der Waals surface area (Å²) in [6.07, 6.45) is 0. The third-order valence-electron chi connectivity index (χ3n) is 5.61. The number of carbonyl (C=O) groups excluding carboxylic acids is 3. The Bertz CT molecular complexity index is 1200. The van der Waals surface area contributed by atoms with Crippen molar-refractivity contribution in [1.29, 1.82) is 0 Å². The highest BCUT2D eigenvalue weighted by molar-refractivity contribution is 6.25. The molecule has 0 unspecified atom stereocenters. The summed E-state index contributed by atoms with van der Waals surface area (Å²) in [6.45, 7) is 0.626. The van der Waals surface area contributed by atoms with Gasteiger partial charge in [-0.2, -0.15) is 5.11 Å². The number of hydrogen-bond donors (Lipinski definition) is 1. The maximum atomic E-state index is 13.2. The highest BCUT2D eigenvalue weighted by Crippen LogP contribution is 2.37. The summed E-state index contributed by atoms with van der Waals surface area (Å²) < 4.78 is 21.5. The van der Waals surface area contributed by atoms with Crippen molar-refractivity contribution in [3.63, 3.8) is 0 Å². The lowest BCUT2D eigenvalue weighted by molar-refractivity contribution is -0.123. The Labute approximate surface area is 194 Å². The van der Waals surface area contributed by atoms with Crippen LogP contribution < -0.4 is 29.2 Å². The fourth-order valence-electron chi connectivity index (χ4n) is 4.04. The van der Waals surface area contributed by atoms with E-state index in [1.54, 1.807) is 30.3 Å². The molecule has 1 saturated heterocycles. The normalized spacial score (nSPS) is 20.4. The number of nitrogens with zero attached hydrogens (tertiary/aromatic N) is 4. The predicted octanol–water partition coefficient (Wildman–Crippen LogP) is 1.41. The Hall–Kier alpha value is -4.35. The van der Waals surface area contributed by atoms with Crippen LogP contribution in [-0.2, 0) is 14.4 Å². The lowest BCUT2D eigenvalue weighted by Crippen LogP contribution is -2.43. The highest BCUT2D eigenvalue weighted by atomic mass is 16.6. The van der Waals surface area contributed by atoms with E-state index in [1.165, 1.54) is 25.3 Å². The average Bonchev–Trinajstić information content (AvgIpc) is 3.37. The highest BCUT2D eigenvalue weighted by Gasteiger charge is 2.55. The van der Waals surface area contributed by atoms with E-state index in [4.69, 9.17) is 18.9 Å². The van der Waals surface area contributed by atoms with E-state index in [0.29, 0.717) is 47.6 Å². The van der Waals surface area contributed by atoms with E-state index < -0.39 is 29.8 Å². The van der Waals surface area contributed by atoms with E-state index in [0.717, 1.165) is 4.90 Å². The van der Waals surface area contributed by atoms with Crippen molar-refractivity contribution in [2.45, 2.75) is 12.1 Å². The molecule has 2 atom stereocenters. The molecule has 0 bridgehead atoms. The fraction of sp³-hybridized carbons (Fsp3) is 0.318. The Morgan fingerprint density at radius 1 is 1.03 bits per heavy atom. The molecule has 5 rings (SSSR count). The van der Waals surface area contributed by atoms with Gasteiger partial charge in [-0.15, -0.1) is 0 Å². The molecule has 0 saturated carbocycles. The molecule has 0 aliphatic carbocycles. The third-order valence-corrected chi connectivity index (χ3v) is 5.61. The summed E-state index contributed by atoms with van der Waals surface area (Å²) in [4.78, 5) is 39.8. The van der Waals surface area contributed by atoms with E-state index in [1.807, 2.05) is 0 Å². The van der Waals surface area contributed by atoms with Gasteiger partial charge in [0.25, 0.3) is 11.8 Å². The number of fused-ring (bicyclic) bond motifs is 2. The van der Waals surface area contributed by atoms with Crippen molar-refractivity contribution < 1.29 is 33.3 Å². The summed E-state index contributed by atoms with van der Waals surface area (Å²) in [7, 11) is 2.95. The van der Waals surface area contributed by atoms with E-state index >= 15 is 0 Å². The number of benzene rings is 2. The van der Waals surface area contributed by atoms with Crippen LogP contribution in [0.2, 0.25) is 0 Å². The van der Waals surface area contributed by atoms with Crippen molar-refractivity contribution in [3.8, 4) is 23.0 Å². The van der Waals surface area contributed by atoms with Crippen LogP contribution in [0.1, 0.15) is 0 Å². The summed E-state index contributed by atoms with van der Waals surface area (Å²) in [6, 6.07) is 7.72. The number of methoxy groups -OCH3 is 2. The zero-order chi connectivity index (χ0) is 23.8. The van der Waals surface area contributed by atoms with Crippen LogP contribution in [0.3, 0.4) is 0 Å². The first-order valence-corrected chi connectivity index (χ1v) is 10.5. The Balaban J connectivity index is 1.29. The maximum Gasteiger partial charge on any atom is 0.263 e. The molecule has 3 aliphatic heterocycles. The number of imide groups is 1. The smallest absolute Gasteiger partial charge is 0.263 e. The van der Waals surface area contributed by atoms with Crippen LogP contribution in [0.25, 0.3) is 0 Å². The summed E-state index contributed by atoms with van der Waals surface area (Å²) in [5.41, 5.74) is 0.820. The van der Waals surface area contributed by atoms with Gasteiger partial charge in [0.2, 0.25) is 5.91 Å². The largest absolute Gasteiger partial charge is 0.493 e. The second-order valence-electron chi connectivity index (χ2n) is 7.65. The van der Waals surface area contributed by atoms with Gasteiger partial charge in [-0.3, -0.25) is 19.4 Å². The summed E-state index contributed by atoms with van der Waals surface area (Å²) >= 11 is 0. The fourth-order valence-corrected chi connectivity index (χ4v) is 4.04. The molecule has 1 N–H and O–H groups in total. The summed E-state index contributed by atoms with van der Waals surface area (Å²) in [5, 5.41) is 11.8. The van der Waals surface area contributed by atoms with Gasteiger partial charge in [0.1, 0.15) is 19.8 Å². The first-order valence-electron chi connectivity index (χ1n) is 10.5. The van der Waals surface area contributed by atoms with Gasteiger partial charge in [0, 0.05) is 17.8 Å². The van der Waals surface area contributed by atoms with Gasteiger partial charge in [-0.05, 0) is 24.3 Å². The SMILES string of the molecule is COc1ccc(N2C(=O)[C@@H]3[C@@H](N=NN3CC(=O)Nc3ccc4c(c3)OCCO4)C2=O)cc1OC. The Morgan fingerprint density at radius 2 is 1.79 bits per heavy atom. The number of anilines is 2. The molecule has 176 valence electrons. The Kier molecular flexibility index (Phi) is 5.40. The lowest BCUT2D eigenvalue weighted by atomic mass is 10.1. The molecule has 12 heteroatoms. The number of amides is 3. The molecule has 0 spiro atoms. The number of ether oxygens (including phenoxy) is 4. The molecular weight excluding hydrogens is 446 g/mol. The van der Waals surface area contributed by atoms with Gasteiger partial charge < -0.3 is 24.3 Å². The predicted molar refractivity (Wildman–Crippen MR) is 117 cm³/mol. The zero-order valence-corrected chi connectivity index (χ0v) is 18.4. The standard InChI is InChI=1S/C22H21N5O7/c1-31-14-6-4-13(10-16(14)32-2)27-21(29)19-20(22(27)30)26(25-24-19)11-18(28)23-12-3-5-15-17(9-12)34-8-7-33-15/h3-6,9-10,19-20H,7-8,11H2,1-2H3,(H,23,28)/t19-,20+/m1/s1. The van der Waals surface area contributed by atoms with Gasteiger partial charge in [-0.25, -0.2) is 4.90 Å². The molecular formula is C22H21N5O7. The maximum absolute atomic E-state index is 13.2. The minimum absolute atomic E-state index is 0.266. The molecule has 1 fully saturated rings. The first-order chi connectivity index (χ1) is 16.5. The van der Waals surface area contributed by atoms with E-state index in [9.17, 15) is 14.4 Å². The van der Waals surface area contributed by atoms with Gasteiger partial charge >= 0.3 is 0 Å². The topological polar surface area (TPSA) is 131 Å². The van der Waals surface area contributed by atoms with Crippen molar-refractivity contribution in [2.75, 3.05) is 44.2 Å². The second-order valence-corrected chi connectivity index (χ2v) is 7.65. The van der Waals surface area contributed by atoms with Crippen molar-refractivity contribution in [1.82, 2.24) is 5.01 Å². The second kappa shape index (κ2) is 8.54. The third kappa shape index (κ3) is 3.62. The van der Waals surface area contributed by atoms with Gasteiger partial charge in [-0.1, -0.05) is 5.22 Å². The minimum Gasteiger partial charge on any atom is -0.493 e. The first kappa shape index (κ1) is 21.5. The van der Waals surface area contributed by atoms with Crippen LogP contribution in [0.4, 0.5) is 11.4 Å². The summed E-state index contributed by atoms with van der Waals surface area (Å²) in [5.74, 6) is 0.483. The van der Waals surface area contributed by atoms with Crippen LogP contribution >= 0.6 is 0 Å². The van der Waals surface area contributed by atoms with Crippen molar-refractivity contribution in [2.24, 2.45) is 10.3 Å². The molecule has 12 nitrogen and oxygen atoms in total. The molecule has 34 heavy (non-hydrogen) atoms. The number of carbonyl (C=O) groups is 3. The number of nitrogens with one attached hydrogen (secondary N) is 1. The molecule has 3 aliphatic rings. The van der Waals surface area contributed by atoms with E-state index in [-0.39, 0.29) is 6.54 Å². The number of hydrogen-bond acceptors (Lipinski definition) is 10. The van der Waals surface area contributed by atoms with E-state index in [2.05, 4.69) is 15.7 Å². The molecule has 0 radical (unpaired) electrons. The van der Waals surface area contributed by atoms with Crippen LogP contribution in [0, 0.1) is 0 Å². The molecule has 3 amide bonds. The quantitative estimate of drug-likeness (QED) is 0.631. The Morgan fingerprint density at radius 3 is 2.56 bits per heavy atom. The lowest BCUT2D eigenvalue weighted by Gasteiger charge is -2.21. The van der Waals surface area contributed by atoms with Crippen LogP contribution in [0.5, 0.6) is 23.0 Å². The molecule has 3 heterocycles. The van der Waals surface area contributed by atoms with Crippen LogP contribution in [-0.4, -0.2) is 68.8 Å². The van der Waals surface area contributed by atoms with Crippen molar-refractivity contribution >= 4 is 29.1 Å². The molecule has 0 aromatic heterocycles.